The van der Waals surface area contributed by atoms with Gasteiger partial charge in [0.1, 0.15) is 4.38 Å². The summed E-state index contributed by atoms with van der Waals surface area (Å²) in [5.74, 6) is 0. The van der Waals surface area contributed by atoms with Gasteiger partial charge in [0.25, 0.3) is 0 Å². The summed E-state index contributed by atoms with van der Waals surface area (Å²) in [7, 11) is 2.14. The number of hydrogen-bond donors (Lipinski definition) is 0. The van der Waals surface area contributed by atoms with Gasteiger partial charge in [0.2, 0.25) is 0 Å². The van der Waals surface area contributed by atoms with Gasteiger partial charge in [0.05, 0.1) is 11.6 Å². The third-order valence-corrected chi connectivity index (χ3v) is 5.12. The Morgan fingerprint density at radius 1 is 1.38 bits per heavy atom. The molecule has 0 bridgehead atoms. The van der Waals surface area contributed by atoms with Gasteiger partial charge in [-0.1, -0.05) is 18.2 Å². The fourth-order valence-electron chi connectivity index (χ4n) is 2.10. The maximum absolute atomic E-state index is 4.58. The van der Waals surface area contributed by atoms with Gasteiger partial charge in [-0.05, 0) is 24.1 Å². The number of para-hydroxylation sites is 1. The van der Waals surface area contributed by atoms with Crippen molar-refractivity contribution in [2.24, 2.45) is 12.0 Å². The first-order valence-corrected chi connectivity index (χ1v) is 7.18. The zero-order valence-corrected chi connectivity index (χ0v) is 10.9. The number of aliphatic imine (C=N–C) groups is 1. The number of hydrogen-bond acceptors (Lipinski definition) is 3. The maximum Gasteiger partial charge on any atom is 0.130 e. The fourth-order valence-corrected chi connectivity index (χ4v) is 3.69. The smallest absolute Gasteiger partial charge is 0.130 e. The Balaban J connectivity index is 2.24. The lowest BCUT2D eigenvalue weighted by atomic mass is 10.2. The van der Waals surface area contributed by atoms with Crippen LogP contribution < -0.4 is 0 Å². The molecule has 2 heterocycles. The van der Waals surface area contributed by atoms with Crippen LogP contribution in [0.25, 0.3) is 10.9 Å². The molecule has 0 unspecified atom stereocenters. The van der Waals surface area contributed by atoms with Crippen LogP contribution in [0.3, 0.4) is 0 Å². The topological polar surface area (TPSA) is 17.3 Å². The standard InChI is InChI=1S/C12H12N2S2/c1-14-10-6-4-3-5-8(10)9-7-13-12(15-2)16-11(9)14/h3-6H,7H2,1-2H3. The van der Waals surface area contributed by atoms with E-state index in [1.54, 1.807) is 23.5 Å². The summed E-state index contributed by atoms with van der Waals surface area (Å²) in [4.78, 5) is 4.58. The lowest BCUT2D eigenvalue weighted by Gasteiger charge is -2.12. The monoisotopic (exact) mass is 248 g/mol. The van der Waals surface area contributed by atoms with Crippen LogP contribution in [0.2, 0.25) is 0 Å². The zero-order valence-electron chi connectivity index (χ0n) is 9.23. The first-order chi connectivity index (χ1) is 7.81. The second-order valence-electron chi connectivity index (χ2n) is 3.75. The Kier molecular flexibility index (Phi) is 2.48. The third kappa shape index (κ3) is 1.40. The summed E-state index contributed by atoms with van der Waals surface area (Å²) in [6, 6.07) is 8.55. The van der Waals surface area contributed by atoms with Gasteiger partial charge in [-0.15, -0.1) is 11.8 Å². The van der Waals surface area contributed by atoms with E-state index < -0.39 is 0 Å². The van der Waals surface area contributed by atoms with Gasteiger partial charge in [0, 0.05) is 23.5 Å². The predicted molar refractivity (Wildman–Crippen MR) is 73.4 cm³/mol. The molecule has 0 saturated carbocycles. The van der Waals surface area contributed by atoms with Crippen molar-refractivity contribution < 1.29 is 0 Å². The third-order valence-electron chi connectivity index (χ3n) is 2.88. The van der Waals surface area contributed by atoms with Gasteiger partial charge in [0.15, 0.2) is 0 Å². The highest BCUT2D eigenvalue weighted by Gasteiger charge is 2.20. The van der Waals surface area contributed by atoms with Crippen LogP contribution in [-0.2, 0) is 13.6 Å². The Bertz CT molecular complexity index is 584. The first kappa shape index (κ1) is 10.3. The van der Waals surface area contributed by atoms with Crippen molar-refractivity contribution in [2.75, 3.05) is 6.26 Å². The van der Waals surface area contributed by atoms with E-state index in [0.717, 1.165) is 6.54 Å². The molecule has 0 aliphatic carbocycles. The molecular formula is C12H12N2S2. The molecule has 0 spiro atoms. The summed E-state index contributed by atoms with van der Waals surface area (Å²) in [5.41, 5.74) is 2.68. The van der Waals surface area contributed by atoms with Gasteiger partial charge >= 0.3 is 0 Å². The van der Waals surface area contributed by atoms with Crippen LogP contribution in [-0.4, -0.2) is 15.2 Å². The van der Waals surface area contributed by atoms with Gasteiger partial charge in [-0.25, -0.2) is 0 Å². The summed E-state index contributed by atoms with van der Waals surface area (Å²) in [6.07, 6.45) is 2.08. The SMILES string of the molecule is CSC1=NCc2c(n(C)c3ccccc23)S1. The number of fused-ring (bicyclic) bond motifs is 3. The summed E-state index contributed by atoms with van der Waals surface area (Å²) in [5, 5.41) is 2.69. The largest absolute Gasteiger partial charge is 0.338 e. The minimum absolute atomic E-state index is 0.819. The molecule has 0 saturated heterocycles. The lowest BCUT2D eigenvalue weighted by molar-refractivity contribution is 0.833. The van der Waals surface area contributed by atoms with Crippen molar-refractivity contribution in [1.82, 2.24) is 4.57 Å². The molecule has 1 aromatic carbocycles. The minimum Gasteiger partial charge on any atom is -0.338 e. The van der Waals surface area contributed by atoms with E-state index in [4.69, 9.17) is 0 Å². The molecule has 2 aromatic rings. The van der Waals surface area contributed by atoms with E-state index in [1.807, 2.05) is 0 Å². The van der Waals surface area contributed by atoms with E-state index in [-0.39, 0.29) is 0 Å². The Morgan fingerprint density at radius 2 is 2.19 bits per heavy atom. The van der Waals surface area contributed by atoms with Crippen LogP contribution in [0.4, 0.5) is 0 Å². The summed E-state index contributed by atoms with van der Waals surface area (Å²) < 4.78 is 3.44. The van der Waals surface area contributed by atoms with E-state index in [0.29, 0.717) is 0 Å². The molecule has 1 aliphatic rings. The van der Waals surface area contributed by atoms with Crippen LogP contribution >= 0.6 is 23.5 Å². The second-order valence-corrected chi connectivity index (χ2v) is 5.78. The van der Waals surface area contributed by atoms with Gasteiger partial charge < -0.3 is 4.57 Å². The van der Waals surface area contributed by atoms with Crippen molar-refractivity contribution >= 4 is 38.8 Å². The highest BCUT2D eigenvalue weighted by molar-refractivity contribution is 8.38. The number of thioether (sulfide) groups is 2. The number of rotatable bonds is 0. The van der Waals surface area contributed by atoms with Crippen molar-refractivity contribution in [3.8, 4) is 0 Å². The van der Waals surface area contributed by atoms with Crippen LogP contribution in [0.5, 0.6) is 0 Å². The second kappa shape index (κ2) is 3.86. The van der Waals surface area contributed by atoms with E-state index >= 15 is 0 Å². The van der Waals surface area contributed by atoms with Crippen LogP contribution in [0, 0.1) is 0 Å². The van der Waals surface area contributed by atoms with Crippen molar-refractivity contribution in [1.29, 1.82) is 0 Å². The molecule has 3 rings (SSSR count). The number of aromatic nitrogens is 1. The highest BCUT2D eigenvalue weighted by Crippen LogP contribution is 2.38. The van der Waals surface area contributed by atoms with E-state index in [9.17, 15) is 0 Å². The van der Waals surface area contributed by atoms with Crippen LogP contribution in [0.15, 0.2) is 34.3 Å². The average molecular weight is 248 g/mol. The molecule has 82 valence electrons. The average Bonchev–Trinajstić information content (AvgIpc) is 2.64. The molecule has 0 amide bonds. The molecule has 0 N–H and O–H groups in total. The van der Waals surface area contributed by atoms with Crippen molar-refractivity contribution in [3.63, 3.8) is 0 Å². The molecule has 0 atom stereocenters. The highest BCUT2D eigenvalue weighted by atomic mass is 32.2. The molecule has 1 aromatic heterocycles. The Morgan fingerprint density at radius 3 is 3.00 bits per heavy atom. The maximum atomic E-state index is 4.58. The van der Waals surface area contributed by atoms with Crippen molar-refractivity contribution in [3.05, 3.63) is 29.8 Å². The number of benzene rings is 1. The number of nitrogens with zero attached hydrogens (tertiary/aromatic N) is 2. The number of aryl methyl sites for hydroxylation is 1. The van der Waals surface area contributed by atoms with E-state index in [1.165, 1.54) is 25.9 Å². The zero-order chi connectivity index (χ0) is 11.1. The minimum atomic E-state index is 0.819. The molecule has 2 nitrogen and oxygen atoms in total. The quantitative estimate of drug-likeness (QED) is 0.710. The normalized spacial score (nSPS) is 15.0. The molecule has 16 heavy (non-hydrogen) atoms. The molecule has 4 heteroatoms. The first-order valence-electron chi connectivity index (χ1n) is 5.14. The Hall–Kier alpha value is -0.870. The summed E-state index contributed by atoms with van der Waals surface area (Å²) >= 11 is 3.51. The molecular weight excluding hydrogens is 236 g/mol. The summed E-state index contributed by atoms with van der Waals surface area (Å²) in [6.45, 7) is 0.819. The van der Waals surface area contributed by atoms with Gasteiger partial charge in [-0.2, -0.15) is 0 Å². The van der Waals surface area contributed by atoms with Crippen molar-refractivity contribution in [2.45, 2.75) is 11.6 Å². The molecule has 0 fully saturated rings. The van der Waals surface area contributed by atoms with E-state index in [2.05, 4.69) is 47.1 Å². The van der Waals surface area contributed by atoms with Gasteiger partial charge in [-0.3, -0.25) is 4.99 Å². The fraction of sp³-hybridized carbons (Fsp3) is 0.250. The van der Waals surface area contributed by atoms with Crippen LogP contribution in [0.1, 0.15) is 5.56 Å². The molecule has 0 radical (unpaired) electrons. The Labute approximate surface area is 103 Å². The predicted octanol–water partition coefficient (Wildman–Crippen LogP) is 3.50. The lowest BCUT2D eigenvalue weighted by Crippen LogP contribution is -2.00. The molecule has 1 aliphatic heterocycles.